The van der Waals surface area contributed by atoms with Gasteiger partial charge in [0.05, 0.1) is 28.8 Å². The third kappa shape index (κ3) is 6.09. The highest BCUT2D eigenvalue weighted by atomic mass is 32.1. The van der Waals surface area contributed by atoms with Crippen LogP contribution in [0.5, 0.6) is 0 Å². The molecule has 2 fully saturated rings. The van der Waals surface area contributed by atoms with Crippen LogP contribution in [-0.2, 0) is 20.9 Å². The third-order valence-corrected chi connectivity index (χ3v) is 8.82. The summed E-state index contributed by atoms with van der Waals surface area (Å²) in [7, 11) is 1.51. The first-order chi connectivity index (χ1) is 18.5. The molecule has 202 valence electrons. The number of rotatable bonds is 7. The van der Waals surface area contributed by atoms with Crippen molar-refractivity contribution in [2.24, 2.45) is 11.3 Å². The van der Waals surface area contributed by atoms with Gasteiger partial charge >= 0.3 is 12.1 Å². The number of amides is 1. The van der Waals surface area contributed by atoms with E-state index in [0.29, 0.717) is 17.5 Å². The summed E-state index contributed by atoms with van der Waals surface area (Å²) in [4.78, 5) is 25.6. The minimum atomic E-state index is -0.489. The number of carbonyl (C=O) groups is 2. The normalized spacial score (nSPS) is 19.5. The molecule has 0 radical (unpaired) electrons. The molecule has 5 rings (SSSR count). The van der Waals surface area contributed by atoms with Gasteiger partial charge in [-0.05, 0) is 85.5 Å². The summed E-state index contributed by atoms with van der Waals surface area (Å²) in [6, 6.07) is 18.2. The molecule has 3 aromatic rings. The van der Waals surface area contributed by atoms with Gasteiger partial charge in [-0.2, -0.15) is 4.37 Å². The van der Waals surface area contributed by atoms with E-state index in [9.17, 15) is 9.59 Å². The van der Waals surface area contributed by atoms with Crippen LogP contribution in [0.2, 0.25) is 0 Å². The van der Waals surface area contributed by atoms with Crippen LogP contribution in [0.3, 0.4) is 0 Å². The van der Waals surface area contributed by atoms with Crippen LogP contribution in [0.1, 0.15) is 75.1 Å². The zero-order chi connectivity index (χ0) is 27.1. The summed E-state index contributed by atoms with van der Waals surface area (Å²) in [5.41, 5.74) is 4.57. The molecule has 0 spiro atoms. The number of hydrogen-bond acceptors (Lipinski definition) is 6. The highest BCUT2D eigenvalue weighted by Crippen LogP contribution is 2.58. The van der Waals surface area contributed by atoms with E-state index in [1.54, 1.807) is 0 Å². The van der Waals surface area contributed by atoms with E-state index in [-0.39, 0.29) is 18.0 Å². The van der Waals surface area contributed by atoms with Gasteiger partial charge in [-0.25, -0.2) is 4.79 Å². The first-order valence-corrected chi connectivity index (χ1v) is 14.4. The fourth-order valence-electron chi connectivity index (χ4n) is 5.58. The number of hydrogen-bond donors (Lipinski definition) is 1. The van der Waals surface area contributed by atoms with Gasteiger partial charge in [0.15, 0.2) is 0 Å². The number of aryl methyl sites for hydroxylation is 1. The molecular formula is C31H38N2O4S. The van der Waals surface area contributed by atoms with Crippen molar-refractivity contribution in [3.8, 4) is 10.4 Å². The second-order valence-corrected chi connectivity index (χ2v) is 10.8. The van der Waals surface area contributed by atoms with Crippen LogP contribution in [0.15, 0.2) is 54.6 Å². The Morgan fingerprint density at radius 2 is 1.66 bits per heavy atom. The maximum Gasteiger partial charge on any atom is 0.412 e. The predicted octanol–water partition coefficient (Wildman–Crippen LogP) is 8.12. The van der Waals surface area contributed by atoms with Gasteiger partial charge in [0.2, 0.25) is 0 Å². The molecule has 6 nitrogen and oxygen atoms in total. The molecule has 0 unspecified atom stereocenters. The molecule has 0 atom stereocenters. The highest BCUT2D eigenvalue weighted by Gasteiger charge is 2.56. The van der Waals surface area contributed by atoms with Crippen LogP contribution >= 0.6 is 11.5 Å². The maximum absolute atomic E-state index is 12.5. The monoisotopic (exact) mass is 534 g/mol. The Hall–Kier alpha value is -3.19. The molecule has 38 heavy (non-hydrogen) atoms. The number of nitrogens with zero attached hydrogens (tertiary/aromatic N) is 1. The summed E-state index contributed by atoms with van der Waals surface area (Å²) in [5, 5.41) is 2.89. The van der Waals surface area contributed by atoms with Gasteiger partial charge in [-0.15, -0.1) is 0 Å². The lowest BCUT2D eigenvalue weighted by molar-refractivity contribution is -0.150. The third-order valence-electron chi connectivity index (χ3n) is 7.84. The van der Waals surface area contributed by atoms with Crippen LogP contribution in [0.25, 0.3) is 10.4 Å². The van der Waals surface area contributed by atoms with Crippen molar-refractivity contribution in [3.63, 3.8) is 0 Å². The fourth-order valence-corrected chi connectivity index (χ4v) is 6.43. The minimum Gasteiger partial charge on any atom is -0.469 e. The topological polar surface area (TPSA) is 77.5 Å². The largest absolute Gasteiger partial charge is 0.469 e. The smallest absolute Gasteiger partial charge is 0.412 e. The lowest BCUT2D eigenvalue weighted by atomic mass is 9.72. The number of nitrogens with one attached hydrogen (secondary N) is 1. The Morgan fingerprint density at radius 1 is 1.00 bits per heavy atom. The number of ether oxygens (including phenoxy) is 2. The Balaban J connectivity index is 0.00000164. The zero-order valence-corrected chi connectivity index (χ0v) is 23.6. The van der Waals surface area contributed by atoms with Gasteiger partial charge < -0.3 is 9.47 Å². The second-order valence-electron chi connectivity index (χ2n) is 9.98. The van der Waals surface area contributed by atoms with E-state index in [1.807, 2.05) is 51.1 Å². The summed E-state index contributed by atoms with van der Waals surface area (Å²) in [6.45, 7) is 6.11. The van der Waals surface area contributed by atoms with Gasteiger partial charge in [0, 0.05) is 0 Å². The quantitative estimate of drug-likeness (QED) is 0.310. The van der Waals surface area contributed by atoms with Gasteiger partial charge in [-0.3, -0.25) is 10.1 Å². The summed E-state index contributed by atoms with van der Waals surface area (Å²) in [5.74, 6) is 0.955. The van der Waals surface area contributed by atoms with Crippen LogP contribution in [0, 0.1) is 18.3 Å². The van der Waals surface area contributed by atoms with E-state index in [1.165, 1.54) is 24.2 Å². The number of benzene rings is 2. The molecule has 2 saturated carbocycles. The lowest BCUT2D eigenvalue weighted by Gasteiger charge is -2.33. The molecule has 2 aliphatic rings. The standard InChI is InChI=1S/C29H32N2O4S.C2H6/c1-19-25(30-28(33)35-18-20-6-4-3-5-7-20)26(36-31-19)23-10-8-21(9-11-23)22-12-14-24(15-13-22)29(16-17-29)27(32)34-2;1-2/h3-11,22,24H,12-18H2,1-2H3,(H,30,33);1-2H3. The molecule has 1 amide bonds. The van der Waals surface area contributed by atoms with Crippen molar-refractivity contribution < 1.29 is 19.1 Å². The van der Waals surface area contributed by atoms with Gasteiger partial charge in [0.1, 0.15) is 6.61 Å². The van der Waals surface area contributed by atoms with Crippen molar-refractivity contribution in [1.29, 1.82) is 0 Å². The molecule has 0 aliphatic heterocycles. The van der Waals surface area contributed by atoms with E-state index in [4.69, 9.17) is 9.47 Å². The number of aromatic nitrogens is 1. The van der Waals surface area contributed by atoms with E-state index >= 15 is 0 Å². The Bertz CT molecular complexity index is 1210. The first-order valence-electron chi connectivity index (χ1n) is 13.6. The molecule has 0 saturated heterocycles. The SMILES string of the molecule is CC.COC(=O)C1(C2CCC(c3ccc(-c4snc(C)c4NC(=O)OCc4ccccc4)cc3)CC2)CC1. The Labute approximate surface area is 229 Å². The number of esters is 1. The minimum absolute atomic E-state index is 0.0106. The average molecular weight is 535 g/mol. The van der Waals surface area contributed by atoms with Gasteiger partial charge in [-0.1, -0.05) is 68.4 Å². The first kappa shape index (κ1) is 27.8. The molecule has 1 aromatic heterocycles. The Kier molecular flexibility index (Phi) is 9.21. The number of anilines is 1. The molecule has 2 aromatic carbocycles. The molecule has 1 N–H and O–H groups in total. The number of methoxy groups -OCH3 is 1. The maximum atomic E-state index is 12.5. The molecule has 7 heteroatoms. The zero-order valence-electron chi connectivity index (χ0n) is 22.8. The lowest BCUT2D eigenvalue weighted by Crippen LogP contribution is -2.29. The van der Waals surface area contributed by atoms with E-state index in [0.717, 1.165) is 60.2 Å². The average Bonchev–Trinajstić information content (AvgIpc) is 3.72. The van der Waals surface area contributed by atoms with Crippen molar-refractivity contribution in [2.45, 2.75) is 71.8 Å². The molecule has 2 aliphatic carbocycles. The van der Waals surface area contributed by atoms with E-state index in [2.05, 4.69) is 34.0 Å². The molecule has 0 bridgehead atoms. The molecule has 1 heterocycles. The summed E-state index contributed by atoms with van der Waals surface area (Å²) < 4.78 is 15.0. The van der Waals surface area contributed by atoms with Crippen molar-refractivity contribution in [2.75, 3.05) is 12.4 Å². The van der Waals surface area contributed by atoms with Crippen molar-refractivity contribution in [1.82, 2.24) is 4.37 Å². The second kappa shape index (κ2) is 12.6. The number of carbonyl (C=O) groups excluding carboxylic acids is 2. The van der Waals surface area contributed by atoms with Crippen LogP contribution in [0.4, 0.5) is 10.5 Å². The fraction of sp³-hybridized carbons (Fsp3) is 0.452. The predicted molar refractivity (Wildman–Crippen MR) is 152 cm³/mol. The summed E-state index contributed by atoms with van der Waals surface area (Å²) >= 11 is 1.38. The highest BCUT2D eigenvalue weighted by molar-refractivity contribution is 7.10. The van der Waals surface area contributed by atoms with Gasteiger partial charge in [0.25, 0.3) is 0 Å². The van der Waals surface area contributed by atoms with Crippen molar-refractivity contribution in [3.05, 3.63) is 71.4 Å². The molecular weight excluding hydrogens is 496 g/mol. The van der Waals surface area contributed by atoms with Crippen LogP contribution < -0.4 is 5.32 Å². The summed E-state index contributed by atoms with van der Waals surface area (Å²) in [6.07, 6.45) is 5.83. The van der Waals surface area contributed by atoms with E-state index < -0.39 is 6.09 Å². The van der Waals surface area contributed by atoms with Crippen LogP contribution in [-0.4, -0.2) is 23.5 Å². The van der Waals surface area contributed by atoms with Crippen molar-refractivity contribution >= 4 is 29.3 Å². The Morgan fingerprint density at radius 3 is 2.26 bits per heavy atom.